The molecular formula is C33H20N4S. The van der Waals surface area contributed by atoms with Crippen molar-refractivity contribution in [2.24, 2.45) is 0 Å². The van der Waals surface area contributed by atoms with Crippen LogP contribution in [0, 0.1) is 0 Å². The van der Waals surface area contributed by atoms with Gasteiger partial charge in [0.05, 0.1) is 27.1 Å². The van der Waals surface area contributed by atoms with Crippen LogP contribution in [0.5, 0.6) is 0 Å². The fraction of sp³-hybridized carbons (Fsp3) is 0. The van der Waals surface area contributed by atoms with Gasteiger partial charge in [-0.25, -0.2) is 4.98 Å². The predicted molar refractivity (Wildman–Crippen MR) is 158 cm³/mol. The normalized spacial score (nSPS) is 11.7. The van der Waals surface area contributed by atoms with Gasteiger partial charge in [0.25, 0.3) is 0 Å². The molecule has 8 aromatic rings. The second kappa shape index (κ2) is 8.33. The van der Waals surface area contributed by atoms with E-state index in [-0.39, 0.29) is 0 Å². The summed E-state index contributed by atoms with van der Waals surface area (Å²) in [5.74, 6) is 0. The molecule has 5 heteroatoms. The first-order valence-electron chi connectivity index (χ1n) is 12.5. The van der Waals surface area contributed by atoms with E-state index in [0.29, 0.717) is 0 Å². The topological polar surface area (TPSA) is 43.6 Å². The van der Waals surface area contributed by atoms with Crippen LogP contribution in [0.4, 0.5) is 0 Å². The highest BCUT2D eigenvalue weighted by atomic mass is 32.1. The molecule has 4 nitrogen and oxygen atoms in total. The molecule has 0 unspecified atom stereocenters. The van der Waals surface area contributed by atoms with Crippen molar-refractivity contribution in [3.63, 3.8) is 0 Å². The van der Waals surface area contributed by atoms with Crippen molar-refractivity contribution < 1.29 is 0 Å². The molecule has 0 aliphatic heterocycles. The first-order valence-corrected chi connectivity index (χ1v) is 13.3. The van der Waals surface area contributed by atoms with E-state index >= 15 is 0 Å². The Bertz CT molecular complexity index is 2070. The number of aromatic nitrogens is 4. The maximum Gasteiger partial charge on any atom is 0.146 e. The van der Waals surface area contributed by atoms with E-state index in [1.165, 1.54) is 20.2 Å². The minimum absolute atomic E-state index is 0.923. The van der Waals surface area contributed by atoms with Gasteiger partial charge in [0, 0.05) is 50.1 Å². The summed E-state index contributed by atoms with van der Waals surface area (Å²) in [6.07, 6.45) is 3.67. The molecule has 0 N–H and O–H groups in total. The van der Waals surface area contributed by atoms with Crippen molar-refractivity contribution in [3.05, 3.63) is 122 Å². The highest BCUT2D eigenvalue weighted by Crippen LogP contribution is 2.39. The van der Waals surface area contributed by atoms with Crippen LogP contribution < -0.4 is 0 Å². The molecule has 0 atom stereocenters. The van der Waals surface area contributed by atoms with Crippen LogP contribution in [-0.4, -0.2) is 19.5 Å². The summed E-state index contributed by atoms with van der Waals surface area (Å²) < 4.78 is 4.75. The van der Waals surface area contributed by atoms with Crippen LogP contribution in [0.3, 0.4) is 0 Å². The minimum Gasteiger partial charge on any atom is -0.294 e. The molecule has 0 radical (unpaired) electrons. The number of thiophene rings is 1. The van der Waals surface area contributed by atoms with Gasteiger partial charge in [0.2, 0.25) is 0 Å². The van der Waals surface area contributed by atoms with E-state index in [9.17, 15) is 0 Å². The Hall–Kier alpha value is -4.87. The average Bonchev–Trinajstić information content (AvgIpc) is 3.51. The molecule has 0 fully saturated rings. The first kappa shape index (κ1) is 21.2. The van der Waals surface area contributed by atoms with Crippen molar-refractivity contribution in [3.8, 4) is 28.2 Å². The molecule has 0 spiro atoms. The molecule has 5 heterocycles. The van der Waals surface area contributed by atoms with Crippen LogP contribution >= 0.6 is 11.3 Å². The van der Waals surface area contributed by atoms with Crippen LogP contribution in [0.25, 0.3) is 70.4 Å². The highest BCUT2D eigenvalue weighted by molar-refractivity contribution is 7.25. The predicted octanol–water partition coefficient (Wildman–Crippen LogP) is 8.67. The number of benzene rings is 3. The molecule has 0 bridgehead atoms. The van der Waals surface area contributed by atoms with E-state index in [1.54, 1.807) is 11.3 Å². The third kappa shape index (κ3) is 3.26. The van der Waals surface area contributed by atoms with Crippen molar-refractivity contribution in [2.75, 3.05) is 0 Å². The molecule has 8 rings (SSSR count). The molecule has 0 aliphatic rings. The monoisotopic (exact) mass is 504 g/mol. The number of hydrogen-bond donors (Lipinski definition) is 0. The number of rotatable bonds is 3. The third-order valence-corrected chi connectivity index (χ3v) is 8.18. The summed E-state index contributed by atoms with van der Waals surface area (Å²) in [6, 6.07) is 38.0. The van der Waals surface area contributed by atoms with Gasteiger partial charge in [-0.3, -0.25) is 14.5 Å². The van der Waals surface area contributed by atoms with Gasteiger partial charge in [-0.1, -0.05) is 48.5 Å². The molecule has 0 saturated heterocycles. The zero-order valence-electron chi connectivity index (χ0n) is 20.2. The Balaban J connectivity index is 1.49. The summed E-state index contributed by atoms with van der Waals surface area (Å²) >= 11 is 1.80. The largest absolute Gasteiger partial charge is 0.294 e. The Kier molecular flexibility index (Phi) is 4.66. The number of pyridine rings is 3. The van der Waals surface area contributed by atoms with Crippen molar-refractivity contribution in [1.82, 2.24) is 19.5 Å². The lowest BCUT2D eigenvalue weighted by atomic mass is 10.0. The molecule has 3 aromatic carbocycles. The van der Waals surface area contributed by atoms with E-state index in [1.807, 2.05) is 48.8 Å². The smallest absolute Gasteiger partial charge is 0.146 e. The lowest BCUT2D eigenvalue weighted by molar-refractivity contribution is 1.14. The summed E-state index contributed by atoms with van der Waals surface area (Å²) in [6.45, 7) is 0. The van der Waals surface area contributed by atoms with Gasteiger partial charge in [-0.15, -0.1) is 11.3 Å². The van der Waals surface area contributed by atoms with E-state index in [0.717, 1.165) is 50.3 Å². The lowest BCUT2D eigenvalue weighted by Gasteiger charge is -2.13. The zero-order chi connectivity index (χ0) is 25.1. The second-order valence-electron chi connectivity index (χ2n) is 9.36. The van der Waals surface area contributed by atoms with Crippen LogP contribution in [0.15, 0.2) is 122 Å². The summed E-state index contributed by atoms with van der Waals surface area (Å²) in [5.41, 5.74) is 8.08. The molecule has 0 amide bonds. The number of para-hydroxylation sites is 1. The highest BCUT2D eigenvalue weighted by Gasteiger charge is 2.18. The zero-order valence-corrected chi connectivity index (χ0v) is 21.1. The van der Waals surface area contributed by atoms with E-state index in [4.69, 9.17) is 4.98 Å². The van der Waals surface area contributed by atoms with E-state index in [2.05, 4.69) is 87.3 Å². The fourth-order valence-electron chi connectivity index (χ4n) is 5.37. The maximum absolute atomic E-state index is 5.33. The van der Waals surface area contributed by atoms with Gasteiger partial charge in [0.1, 0.15) is 5.65 Å². The third-order valence-electron chi connectivity index (χ3n) is 7.07. The lowest BCUT2D eigenvalue weighted by Crippen LogP contribution is -1.98. The Morgan fingerprint density at radius 1 is 0.553 bits per heavy atom. The Labute approximate surface area is 222 Å². The Morgan fingerprint density at radius 2 is 1.21 bits per heavy atom. The van der Waals surface area contributed by atoms with Gasteiger partial charge in [0.15, 0.2) is 0 Å². The minimum atomic E-state index is 0.923. The van der Waals surface area contributed by atoms with Gasteiger partial charge in [-0.2, -0.15) is 0 Å². The number of nitrogens with zero attached hydrogens (tertiary/aromatic N) is 4. The van der Waals surface area contributed by atoms with Gasteiger partial charge in [-0.05, 0) is 60.7 Å². The molecule has 38 heavy (non-hydrogen) atoms. The molecule has 178 valence electrons. The van der Waals surface area contributed by atoms with Crippen molar-refractivity contribution >= 4 is 53.6 Å². The number of fused-ring (bicyclic) bond motifs is 6. The molecule has 0 saturated carbocycles. The maximum atomic E-state index is 5.33. The van der Waals surface area contributed by atoms with Gasteiger partial charge >= 0.3 is 0 Å². The summed E-state index contributed by atoms with van der Waals surface area (Å²) in [4.78, 5) is 14.6. The fourth-order valence-corrected chi connectivity index (χ4v) is 6.46. The van der Waals surface area contributed by atoms with E-state index < -0.39 is 0 Å². The van der Waals surface area contributed by atoms with Gasteiger partial charge < -0.3 is 0 Å². The van der Waals surface area contributed by atoms with Crippen LogP contribution in [0.2, 0.25) is 0 Å². The SMILES string of the molecule is c1ccc(-c2cc(-c3ccccn3)cc(-n3c4ccccc4c4cc5sc6ccccc6c5nc43)c2)nc1. The van der Waals surface area contributed by atoms with Crippen molar-refractivity contribution in [2.45, 2.75) is 0 Å². The Morgan fingerprint density at radius 3 is 1.92 bits per heavy atom. The standard InChI is InChI=1S/C33H20N4S/c1-3-13-29-24(9-1)26-20-31-32(25-10-2-4-14-30(25)38-31)36-33(26)37(29)23-18-21(27-11-5-7-15-34-27)17-22(19-23)28-12-6-8-16-35-28/h1-20H. The summed E-state index contributed by atoms with van der Waals surface area (Å²) in [5, 5.41) is 3.54. The average molecular weight is 505 g/mol. The molecular weight excluding hydrogens is 484 g/mol. The first-order chi connectivity index (χ1) is 18.8. The van der Waals surface area contributed by atoms with Crippen LogP contribution in [0.1, 0.15) is 0 Å². The molecule has 0 aliphatic carbocycles. The second-order valence-corrected chi connectivity index (χ2v) is 10.4. The summed E-state index contributed by atoms with van der Waals surface area (Å²) in [7, 11) is 0. The molecule has 5 aromatic heterocycles. The number of hydrogen-bond acceptors (Lipinski definition) is 4. The van der Waals surface area contributed by atoms with Crippen LogP contribution in [-0.2, 0) is 0 Å². The quantitative estimate of drug-likeness (QED) is 0.242. The van der Waals surface area contributed by atoms with Crippen molar-refractivity contribution in [1.29, 1.82) is 0 Å².